The molecule has 3 aromatic carbocycles. The van der Waals surface area contributed by atoms with E-state index in [4.69, 9.17) is 13.9 Å². The summed E-state index contributed by atoms with van der Waals surface area (Å²) in [5.74, 6) is 0.834. The number of aromatic nitrogens is 2. The molecule has 0 aliphatic carbocycles. The predicted octanol–water partition coefficient (Wildman–Crippen LogP) is 3.58. The first kappa shape index (κ1) is 23.2. The van der Waals surface area contributed by atoms with Gasteiger partial charge in [0.1, 0.15) is 6.61 Å². The number of sulfonamides is 1. The molecule has 6 rings (SSSR count). The summed E-state index contributed by atoms with van der Waals surface area (Å²) in [6.07, 6.45) is 0.0476. The third kappa shape index (κ3) is 4.54. The number of anilines is 1. The molecule has 11 heteroatoms. The van der Waals surface area contributed by atoms with Crippen molar-refractivity contribution in [3.8, 4) is 11.5 Å². The van der Waals surface area contributed by atoms with Crippen LogP contribution in [0.1, 0.15) is 33.5 Å². The number of rotatable bonds is 5. The fraction of sp³-hybridized carbons (Fsp3) is 0.192. The monoisotopic (exact) mass is 518 g/mol. The van der Waals surface area contributed by atoms with E-state index in [0.717, 1.165) is 11.1 Å². The molecule has 4 aromatic rings. The Kier molecular flexibility index (Phi) is 5.85. The van der Waals surface area contributed by atoms with E-state index in [2.05, 4.69) is 15.5 Å². The number of ether oxygens (including phenoxy) is 2. The van der Waals surface area contributed by atoms with E-state index < -0.39 is 22.0 Å². The minimum absolute atomic E-state index is 0.105. The van der Waals surface area contributed by atoms with Gasteiger partial charge in [-0.1, -0.05) is 41.5 Å². The third-order valence-corrected chi connectivity index (χ3v) is 8.15. The fourth-order valence-corrected chi connectivity index (χ4v) is 5.75. The first-order valence-electron chi connectivity index (χ1n) is 11.7. The van der Waals surface area contributed by atoms with Crippen molar-refractivity contribution in [2.45, 2.75) is 24.0 Å². The fourth-order valence-electron chi connectivity index (χ4n) is 4.33. The molecule has 1 atom stereocenters. The van der Waals surface area contributed by atoms with Crippen LogP contribution in [0.25, 0.3) is 0 Å². The maximum Gasteiger partial charge on any atom is 0.322 e. The lowest BCUT2D eigenvalue weighted by Gasteiger charge is -2.28. The van der Waals surface area contributed by atoms with Crippen LogP contribution in [0, 0.1) is 0 Å². The predicted molar refractivity (Wildman–Crippen MR) is 132 cm³/mol. The summed E-state index contributed by atoms with van der Waals surface area (Å²) in [5.41, 5.74) is 2.41. The summed E-state index contributed by atoms with van der Waals surface area (Å²) < 4.78 is 44.8. The van der Waals surface area contributed by atoms with Gasteiger partial charge in [-0.2, -0.15) is 4.31 Å². The highest BCUT2D eigenvalue weighted by Crippen LogP contribution is 2.35. The van der Waals surface area contributed by atoms with E-state index in [1.165, 1.54) is 28.6 Å². The van der Waals surface area contributed by atoms with Crippen molar-refractivity contribution in [2.24, 2.45) is 0 Å². The summed E-state index contributed by atoms with van der Waals surface area (Å²) in [4.78, 5) is 12.8. The number of para-hydroxylation sites is 2. The number of nitrogens with zero attached hydrogens (tertiary/aromatic N) is 3. The van der Waals surface area contributed by atoms with Gasteiger partial charge in [0.2, 0.25) is 16.1 Å². The molecule has 3 heterocycles. The van der Waals surface area contributed by atoms with Gasteiger partial charge in [0.05, 0.1) is 4.90 Å². The zero-order chi connectivity index (χ0) is 25.4. The molecule has 2 aliphatic heterocycles. The highest BCUT2D eigenvalue weighted by Gasteiger charge is 2.29. The van der Waals surface area contributed by atoms with Gasteiger partial charge >= 0.3 is 6.01 Å². The first-order valence-corrected chi connectivity index (χ1v) is 13.1. The second kappa shape index (κ2) is 9.34. The van der Waals surface area contributed by atoms with Crippen molar-refractivity contribution in [3.63, 3.8) is 0 Å². The molecule has 0 radical (unpaired) electrons. The van der Waals surface area contributed by atoms with Crippen LogP contribution in [-0.2, 0) is 23.0 Å². The Labute approximate surface area is 212 Å². The number of hydrogen-bond acceptors (Lipinski definition) is 8. The molecule has 0 fully saturated rings. The summed E-state index contributed by atoms with van der Waals surface area (Å²) in [5, 5.41) is 10.3. The van der Waals surface area contributed by atoms with Crippen LogP contribution in [0.4, 0.5) is 6.01 Å². The number of fused-ring (bicyclic) bond motifs is 2. The number of carbonyl (C=O) groups excluding carboxylic acids is 1. The second-order valence-corrected chi connectivity index (χ2v) is 10.6. The average Bonchev–Trinajstić information content (AvgIpc) is 3.41. The van der Waals surface area contributed by atoms with Crippen LogP contribution in [0.3, 0.4) is 0 Å². The zero-order valence-corrected chi connectivity index (χ0v) is 20.3. The molecule has 2 aliphatic rings. The van der Waals surface area contributed by atoms with Crippen LogP contribution in [0.15, 0.2) is 82.1 Å². The molecule has 0 saturated heterocycles. The van der Waals surface area contributed by atoms with Crippen LogP contribution in [-0.4, -0.2) is 42.0 Å². The number of benzene rings is 3. The van der Waals surface area contributed by atoms with Gasteiger partial charge in [-0.25, -0.2) is 8.42 Å². The van der Waals surface area contributed by atoms with Crippen LogP contribution < -0.4 is 14.8 Å². The van der Waals surface area contributed by atoms with Crippen molar-refractivity contribution in [1.29, 1.82) is 0 Å². The molecule has 37 heavy (non-hydrogen) atoms. The minimum Gasteiger partial charge on any atom is -0.485 e. The standard InChI is InChI=1S/C26H22N4O6S/c31-24(27-26-29-28-25(36-26)23-16-34-21-7-3-4-8-22(21)35-23)18-9-11-20(12-10-18)37(32,33)30-14-13-17-5-1-2-6-19(17)15-30/h1-12,23H,13-16H2,(H,27,29,31). The van der Waals surface area contributed by atoms with E-state index in [-0.39, 0.29) is 29.0 Å². The van der Waals surface area contributed by atoms with Gasteiger partial charge in [-0.15, -0.1) is 5.10 Å². The van der Waals surface area contributed by atoms with Crippen molar-refractivity contribution < 1.29 is 27.1 Å². The van der Waals surface area contributed by atoms with Crippen molar-refractivity contribution in [1.82, 2.24) is 14.5 Å². The van der Waals surface area contributed by atoms with Gasteiger partial charge in [0, 0.05) is 18.7 Å². The van der Waals surface area contributed by atoms with E-state index in [1.54, 1.807) is 12.1 Å². The highest BCUT2D eigenvalue weighted by atomic mass is 32.2. The molecule has 10 nitrogen and oxygen atoms in total. The van der Waals surface area contributed by atoms with Crippen LogP contribution in [0.5, 0.6) is 11.5 Å². The Morgan fingerprint density at radius 1 is 0.919 bits per heavy atom. The van der Waals surface area contributed by atoms with E-state index in [0.29, 0.717) is 31.0 Å². The quantitative estimate of drug-likeness (QED) is 0.425. The van der Waals surface area contributed by atoms with Crippen molar-refractivity contribution in [3.05, 3.63) is 95.4 Å². The summed E-state index contributed by atoms with van der Waals surface area (Å²) in [7, 11) is -3.70. The SMILES string of the molecule is O=C(Nc1nnc(C2COc3ccccc3O2)o1)c1ccc(S(=O)(=O)N2CCc3ccccc3C2)cc1. The second-order valence-electron chi connectivity index (χ2n) is 8.65. The average molecular weight is 519 g/mol. The summed E-state index contributed by atoms with van der Waals surface area (Å²) >= 11 is 0. The highest BCUT2D eigenvalue weighted by molar-refractivity contribution is 7.89. The molecule has 0 spiro atoms. The lowest BCUT2D eigenvalue weighted by atomic mass is 10.0. The third-order valence-electron chi connectivity index (χ3n) is 6.30. The van der Waals surface area contributed by atoms with Gasteiger partial charge in [-0.3, -0.25) is 10.1 Å². The van der Waals surface area contributed by atoms with Gasteiger partial charge in [0.15, 0.2) is 11.5 Å². The minimum atomic E-state index is -3.70. The molecule has 0 saturated carbocycles. The zero-order valence-electron chi connectivity index (χ0n) is 19.5. The van der Waals surface area contributed by atoms with Gasteiger partial charge in [0.25, 0.3) is 11.8 Å². The molecular weight excluding hydrogens is 496 g/mol. The Balaban J connectivity index is 1.11. The lowest BCUT2D eigenvalue weighted by molar-refractivity contribution is 0.0716. The van der Waals surface area contributed by atoms with Gasteiger partial charge in [-0.05, 0) is 53.9 Å². The molecule has 0 bridgehead atoms. The number of amides is 1. The van der Waals surface area contributed by atoms with Crippen LogP contribution >= 0.6 is 0 Å². The molecule has 1 amide bonds. The van der Waals surface area contributed by atoms with Gasteiger partial charge < -0.3 is 13.9 Å². The van der Waals surface area contributed by atoms with E-state index in [1.807, 2.05) is 36.4 Å². The van der Waals surface area contributed by atoms with Crippen LogP contribution in [0.2, 0.25) is 0 Å². The molecule has 188 valence electrons. The Morgan fingerprint density at radius 3 is 2.46 bits per heavy atom. The topological polar surface area (TPSA) is 124 Å². The maximum absolute atomic E-state index is 13.2. The first-order chi connectivity index (χ1) is 18.0. The molecule has 1 unspecified atom stereocenters. The van der Waals surface area contributed by atoms with Crippen molar-refractivity contribution >= 4 is 21.9 Å². The van der Waals surface area contributed by atoms with E-state index >= 15 is 0 Å². The maximum atomic E-state index is 13.2. The Hall–Kier alpha value is -4.22. The Morgan fingerprint density at radius 2 is 1.65 bits per heavy atom. The Bertz CT molecular complexity index is 1570. The largest absolute Gasteiger partial charge is 0.485 e. The molecular formula is C26H22N4O6S. The normalized spacial score (nSPS) is 17.1. The number of hydrogen-bond donors (Lipinski definition) is 1. The smallest absolute Gasteiger partial charge is 0.322 e. The molecule has 1 N–H and O–H groups in total. The van der Waals surface area contributed by atoms with Crippen molar-refractivity contribution in [2.75, 3.05) is 18.5 Å². The number of nitrogens with one attached hydrogen (secondary N) is 1. The summed E-state index contributed by atoms with van der Waals surface area (Å²) in [6.45, 7) is 0.912. The number of carbonyl (C=O) groups is 1. The van der Waals surface area contributed by atoms with E-state index in [9.17, 15) is 13.2 Å². The summed E-state index contributed by atoms with van der Waals surface area (Å²) in [6, 6.07) is 20.7. The lowest BCUT2D eigenvalue weighted by Crippen LogP contribution is -2.35. The molecule has 1 aromatic heterocycles.